The third-order valence-corrected chi connectivity index (χ3v) is 3.88. The van der Waals surface area contributed by atoms with Gasteiger partial charge in [-0.1, -0.05) is 0 Å². The van der Waals surface area contributed by atoms with Crippen molar-refractivity contribution in [3.05, 3.63) is 0 Å². The van der Waals surface area contributed by atoms with E-state index in [0.717, 1.165) is 6.42 Å². The van der Waals surface area contributed by atoms with Gasteiger partial charge in [0.1, 0.15) is 5.41 Å². The van der Waals surface area contributed by atoms with Gasteiger partial charge in [0.05, 0.1) is 11.6 Å². The van der Waals surface area contributed by atoms with E-state index < -0.39 is 16.9 Å². The van der Waals surface area contributed by atoms with Crippen molar-refractivity contribution < 1.29 is 19.4 Å². The summed E-state index contributed by atoms with van der Waals surface area (Å²) >= 11 is 0. The fourth-order valence-corrected chi connectivity index (χ4v) is 2.04. The predicted octanol–water partition coefficient (Wildman–Crippen LogP) is 0.535. The number of carboxylic acids is 1. The second kappa shape index (κ2) is 3.45. The van der Waals surface area contributed by atoms with Gasteiger partial charge in [-0.05, 0) is 33.1 Å². The van der Waals surface area contributed by atoms with Crippen molar-refractivity contribution in [3.63, 3.8) is 0 Å². The number of ether oxygens (including phenoxy) is 1. The van der Waals surface area contributed by atoms with Gasteiger partial charge in [-0.25, -0.2) is 0 Å². The molecule has 1 saturated heterocycles. The molecular formula is C11H17NO4. The van der Waals surface area contributed by atoms with Gasteiger partial charge >= 0.3 is 5.97 Å². The smallest absolute Gasteiger partial charge is 0.319 e. The minimum atomic E-state index is -1.16. The Morgan fingerprint density at radius 3 is 2.38 bits per heavy atom. The number of hydrogen-bond acceptors (Lipinski definition) is 3. The molecule has 2 aliphatic rings. The van der Waals surface area contributed by atoms with Crippen LogP contribution in [0.25, 0.3) is 0 Å². The summed E-state index contributed by atoms with van der Waals surface area (Å²) < 4.78 is 5.40. The second-order valence-electron chi connectivity index (χ2n) is 5.02. The summed E-state index contributed by atoms with van der Waals surface area (Å²) in [5, 5.41) is 11.9. The van der Waals surface area contributed by atoms with E-state index in [-0.39, 0.29) is 12.0 Å². The van der Waals surface area contributed by atoms with Crippen LogP contribution in [0.1, 0.15) is 33.1 Å². The number of nitrogens with one attached hydrogen (secondary N) is 1. The Balaban J connectivity index is 2.05. The molecule has 2 rings (SSSR count). The Labute approximate surface area is 94.2 Å². The largest absolute Gasteiger partial charge is 0.480 e. The van der Waals surface area contributed by atoms with Crippen molar-refractivity contribution in [1.82, 2.24) is 5.32 Å². The lowest BCUT2D eigenvalue weighted by Crippen LogP contribution is -2.54. The minimum absolute atomic E-state index is 0.0685. The first-order chi connectivity index (χ1) is 7.41. The highest BCUT2D eigenvalue weighted by Gasteiger charge is 2.58. The van der Waals surface area contributed by atoms with Crippen LogP contribution in [-0.2, 0) is 14.3 Å². The maximum absolute atomic E-state index is 11.9. The zero-order valence-electron chi connectivity index (χ0n) is 9.58. The molecule has 0 aromatic rings. The zero-order valence-corrected chi connectivity index (χ0v) is 9.58. The van der Waals surface area contributed by atoms with Crippen molar-refractivity contribution >= 4 is 11.9 Å². The molecule has 5 heteroatoms. The molecule has 1 amide bonds. The summed E-state index contributed by atoms with van der Waals surface area (Å²) in [6.07, 6.45) is 1.55. The van der Waals surface area contributed by atoms with Gasteiger partial charge in [-0.2, -0.15) is 0 Å². The molecule has 2 atom stereocenters. The number of carbonyl (C=O) groups excluding carboxylic acids is 1. The molecule has 1 aliphatic carbocycles. The summed E-state index contributed by atoms with van der Waals surface area (Å²) in [5.74, 6) is -1.37. The number of carbonyl (C=O) groups is 2. The highest BCUT2D eigenvalue weighted by atomic mass is 16.5. The van der Waals surface area contributed by atoms with Gasteiger partial charge in [-0.15, -0.1) is 0 Å². The average Bonchev–Trinajstić information content (AvgIpc) is 2.92. The molecule has 1 aliphatic heterocycles. The van der Waals surface area contributed by atoms with Crippen LogP contribution in [0.4, 0.5) is 0 Å². The summed E-state index contributed by atoms with van der Waals surface area (Å²) in [6, 6.07) is 0. The molecule has 1 saturated carbocycles. The quantitative estimate of drug-likeness (QED) is 0.690. The molecule has 5 nitrogen and oxygen atoms in total. The molecule has 0 aromatic carbocycles. The minimum Gasteiger partial charge on any atom is -0.480 e. The van der Waals surface area contributed by atoms with E-state index in [9.17, 15) is 9.59 Å². The molecule has 1 heterocycles. The monoisotopic (exact) mass is 227 g/mol. The Morgan fingerprint density at radius 2 is 2.00 bits per heavy atom. The maximum atomic E-state index is 11.9. The predicted molar refractivity (Wildman–Crippen MR) is 55.9 cm³/mol. The van der Waals surface area contributed by atoms with Gasteiger partial charge in [-0.3, -0.25) is 9.59 Å². The second-order valence-corrected chi connectivity index (χ2v) is 5.02. The van der Waals surface area contributed by atoms with Crippen LogP contribution in [0.15, 0.2) is 0 Å². The summed E-state index contributed by atoms with van der Waals surface area (Å²) in [5.41, 5.74) is -1.59. The first kappa shape index (κ1) is 11.4. The van der Waals surface area contributed by atoms with E-state index in [1.54, 1.807) is 0 Å². The standard InChI is InChI=1S/C11H17NO4/c1-7-10(2,5-6-16-7)12-8(13)11(3-4-11)9(14)15/h7H,3-6H2,1-2H3,(H,12,13)(H,14,15). The lowest BCUT2D eigenvalue weighted by molar-refractivity contribution is -0.149. The number of amides is 1. The van der Waals surface area contributed by atoms with Crippen molar-refractivity contribution in [1.29, 1.82) is 0 Å². The third-order valence-electron chi connectivity index (χ3n) is 3.88. The molecule has 0 radical (unpaired) electrons. The van der Waals surface area contributed by atoms with Gasteiger partial charge in [0.2, 0.25) is 5.91 Å². The summed E-state index contributed by atoms with van der Waals surface area (Å²) in [7, 11) is 0. The highest BCUT2D eigenvalue weighted by Crippen LogP contribution is 2.46. The zero-order chi connectivity index (χ0) is 12.0. The number of hydrogen-bond donors (Lipinski definition) is 2. The number of carboxylic acid groups (broad SMARTS) is 1. The first-order valence-corrected chi connectivity index (χ1v) is 5.58. The van der Waals surface area contributed by atoms with Gasteiger partial charge in [0.15, 0.2) is 0 Å². The molecule has 0 spiro atoms. The molecule has 2 fully saturated rings. The molecule has 0 bridgehead atoms. The van der Waals surface area contributed by atoms with Crippen molar-refractivity contribution in [2.45, 2.75) is 44.8 Å². The summed E-state index contributed by atoms with van der Waals surface area (Å²) in [6.45, 7) is 4.41. The van der Waals surface area contributed by atoms with Crippen LogP contribution in [0.3, 0.4) is 0 Å². The fraction of sp³-hybridized carbons (Fsp3) is 0.818. The molecule has 16 heavy (non-hydrogen) atoms. The van der Waals surface area contributed by atoms with E-state index in [1.165, 1.54) is 0 Å². The van der Waals surface area contributed by atoms with Gasteiger partial charge in [0.25, 0.3) is 0 Å². The van der Waals surface area contributed by atoms with E-state index >= 15 is 0 Å². The Bertz CT molecular complexity index is 337. The van der Waals surface area contributed by atoms with Crippen molar-refractivity contribution in [2.75, 3.05) is 6.61 Å². The first-order valence-electron chi connectivity index (χ1n) is 5.58. The van der Waals surface area contributed by atoms with E-state index in [2.05, 4.69) is 5.32 Å². The average molecular weight is 227 g/mol. The van der Waals surface area contributed by atoms with Crippen LogP contribution < -0.4 is 5.32 Å². The topological polar surface area (TPSA) is 75.6 Å². The Kier molecular flexibility index (Phi) is 2.45. The number of aliphatic carboxylic acids is 1. The van der Waals surface area contributed by atoms with E-state index in [0.29, 0.717) is 19.4 Å². The van der Waals surface area contributed by atoms with Crippen LogP contribution in [0.2, 0.25) is 0 Å². The van der Waals surface area contributed by atoms with Crippen LogP contribution >= 0.6 is 0 Å². The SMILES string of the molecule is CC1OCCC1(C)NC(=O)C1(C(=O)O)CC1. The normalized spacial score (nSPS) is 35.8. The van der Waals surface area contributed by atoms with Crippen molar-refractivity contribution in [2.24, 2.45) is 5.41 Å². The molecule has 2 N–H and O–H groups in total. The lowest BCUT2D eigenvalue weighted by atomic mass is 9.93. The highest BCUT2D eigenvalue weighted by molar-refractivity contribution is 6.05. The van der Waals surface area contributed by atoms with E-state index in [4.69, 9.17) is 9.84 Å². The molecular weight excluding hydrogens is 210 g/mol. The van der Waals surface area contributed by atoms with Crippen LogP contribution in [-0.4, -0.2) is 35.2 Å². The fourth-order valence-electron chi connectivity index (χ4n) is 2.04. The van der Waals surface area contributed by atoms with E-state index in [1.807, 2.05) is 13.8 Å². The Hall–Kier alpha value is -1.10. The Morgan fingerprint density at radius 1 is 1.38 bits per heavy atom. The summed E-state index contributed by atoms with van der Waals surface area (Å²) in [4.78, 5) is 22.9. The van der Waals surface area contributed by atoms with Gasteiger partial charge in [0, 0.05) is 6.61 Å². The van der Waals surface area contributed by atoms with Gasteiger partial charge < -0.3 is 15.2 Å². The van der Waals surface area contributed by atoms with Crippen molar-refractivity contribution in [3.8, 4) is 0 Å². The third kappa shape index (κ3) is 1.59. The molecule has 90 valence electrons. The van der Waals surface area contributed by atoms with Crippen LogP contribution in [0, 0.1) is 5.41 Å². The van der Waals surface area contributed by atoms with Crippen LogP contribution in [0.5, 0.6) is 0 Å². The lowest BCUT2D eigenvalue weighted by Gasteiger charge is -2.30. The molecule has 2 unspecified atom stereocenters. The maximum Gasteiger partial charge on any atom is 0.319 e. The number of rotatable bonds is 3. The molecule has 0 aromatic heterocycles.